The first-order chi connectivity index (χ1) is 12.9. The van der Waals surface area contributed by atoms with Crippen molar-refractivity contribution in [3.63, 3.8) is 0 Å². The van der Waals surface area contributed by atoms with E-state index in [1.54, 1.807) is 20.4 Å². The summed E-state index contributed by atoms with van der Waals surface area (Å²) in [4.78, 5) is 22.5. The zero-order valence-electron chi connectivity index (χ0n) is 16.8. The molecule has 8 heteroatoms. The standard InChI is InChI=1S/C19H32N6O2/c1-19(2,27-4)13-24-18(21-3)23-11-14-7-5-9-22-17(14)25-10-6-8-15(12-25)16(20)26/h5,7,9,15H,6,8,10-13H2,1-4H3,(H2,20,26)(H2,21,23,24). The number of piperidine rings is 1. The van der Waals surface area contributed by atoms with Gasteiger partial charge in [-0.05, 0) is 32.8 Å². The third-order valence-corrected chi connectivity index (χ3v) is 4.89. The highest BCUT2D eigenvalue weighted by Gasteiger charge is 2.26. The quantitative estimate of drug-likeness (QED) is 0.482. The normalized spacial score (nSPS) is 18.3. The van der Waals surface area contributed by atoms with E-state index in [4.69, 9.17) is 10.5 Å². The van der Waals surface area contributed by atoms with Crippen molar-refractivity contribution >= 4 is 17.7 Å². The van der Waals surface area contributed by atoms with Crippen LogP contribution in [0.25, 0.3) is 0 Å². The van der Waals surface area contributed by atoms with Crippen molar-refractivity contribution in [2.75, 3.05) is 38.7 Å². The summed E-state index contributed by atoms with van der Waals surface area (Å²) in [6.45, 7) is 6.73. The summed E-state index contributed by atoms with van der Waals surface area (Å²) in [5.41, 5.74) is 6.28. The van der Waals surface area contributed by atoms with Crippen LogP contribution in [0.3, 0.4) is 0 Å². The number of carbonyl (C=O) groups excluding carboxylic acids is 1. The van der Waals surface area contributed by atoms with Crippen molar-refractivity contribution < 1.29 is 9.53 Å². The van der Waals surface area contributed by atoms with E-state index in [2.05, 4.69) is 25.5 Å². The number of ether oxygens (including phenoxy) is 1. The van der Waals surface area contributed by atoms with Gasteiger partial charge in [-0.15, -0.1) is 0 Å². The molecule has 0 aliphatic carbocycles. The Morgan fingerprint density at radius 1 is 1.48 bits per heavy atom. The molecule has 8 nitrogen and oxygen atoms in total. The molecule has 1 aliphatic heterocycles. The molecule has 27 heavy (non-hydrogen) atoms. The summed E-state index contributed by atoms with van der Waals surface area (Å²) >= 11 is 0. The van der Waals surface area contributed by atoms with E-state index in [0.29, 0.717) is 25.6 Å². The Morgan fingerprint density at radius 2 is 2.26 bits per heavy atom. The maximum atomic E-state index is 11.6. The van der Waals surface area contributed by atoms with Crippen molar-refractivity contribution in [2.45, 2.75) is 38.8 Å². The Hall–Kier alpha value is -2.35. The summed E-state index contributed by atoms with van der Waals surface area (Å²) in [7, 11) is 3.43. The second-order valence-corrected chi connectivity index (χ2v) is 7.42. The Kier molecular flexibility index (Phi) is 7.41. The number of guanidine groups is 1. The highest BCUT2D eigenvalue weighted by Crippen LogP contribution is 2.24. The topological polar surface area (TPSA) is 105 Å². The second kappa shape index (κ2) is 9.55. The number of aromatic nitrogens is 1. The molecule has 0 aromatic carbocycles. The Bertz CT molecular complexity index is 661. The van der Waals surface area contributed by atoms with Crippen LogP contribution in [0.2, 0.25) is 0 Å². The third kappa shape index (κ3) is 6.09. The predicted molar refractivity (Wildman–Crippen MR) is 108 cm³/mol. The molecular weight excluding hydrogens is 344 g/mol. The minimum absolute atomic E-state index is 0.118. The van der Waals surface area contributed by atoms with Crippen LogP contribution in [-0.4, -0.2) is 56.2 Å². The van der Waals surface area contributed by atoms with E-state index in [1.807, 2.05) is 26.0 Å². The summed E-state index contributed by atoms with van der Waals surface area (Å²) in [6, 6.07) is 3.95. The fourth-order valence-electron chi connectivity index (χ4n) is 3.02. The number of hydrogen-bond donors (Lipinski definition) is 3. The predicted octanol–water partition coefficient (Wildman–Crippen LogP) is 0.873. The van der Waals surface area contributed by atoms with Gasteiger partial charge in [0.15, 0.2) is 5.96 Å². The molecule has 1 aliphatic rings. The largest absolute Gasteiger partial charge is 0.377 e. The molecule has 1 aromatic heterocycles. The molecule has 1 atom stereocenters. The summed E-state index contributed by atoms with van der Waals surface area (Å²) in [5, 5.41) is 6.59. The first-order valence-electron chi connectivity index (χ1n) is 9.34. The van der Waals surface area contributed by atoms with E-state index in [-0.39, 0.29) is 17.4 Å². The van der Waals surface area contributed by atoms with Crippen LogP contribution in [0.4, 0.5) is 5.82 Å². The van der Waals surface area contributed by atoms with Crippen molar-refractivity contribution in [1.82, 2.24) is 15.6 Å². The molecule has 2 rings (SSSR count). The molecule has 0 spiro atoms. The van der Waals surface area contributed by atoms with Gasteiger partial charge in [0.2, 0.25) is 5.91 Å². The van der Waals surface area contributed by atoms with Crippen LogP contribution >= 0.6 is 0 Å². The van der Waals surface area contributed by atoms with Crippen LogP contribution < -0.4 is 21.3 Å². The molecule has 2 heterocycles. The van der Waals surface area contributed by atoms with Gasteiger partial charge in [-0.25, -0.2) is 4.98 Å². The average molecular weight is 377 g/mol. The minimum atomic E-state index is -0.283. The van der Waals surface area contributed by atoms with Crippen molar-refractivity contribution in [3.05, 3.63) is 23.9 Å². The van der Waals surface area contributed by atoms with Gasteiger partial charge in [-0.2, -0.15) is 0 Å². The lowest BCUT2D eigenvalue weighted by Crippen LogP contribution is -2.45. The van der Waals surface area contributed by atoms with E-state index in [9.17, 15) is 4.79 Å². The molecule has 1 fully saturated rings. The summed E-state index contributed by atoms with van der Waals surface area (Å²) in [5.74, 6) is 1.24. The molecular formula is C19H32N6O2. The zero-order valence-corrected chi connectivity index (χ0v) is 16.8. The number of nitrogens with zero attached hydrogens (tertiary/aromatic N) is 3. The van der Waals surface area contributed by atoms with Crippen LogP contribution in [0.15, 0.2) is 23.3 Å². The van der Waals surface area contributed by atoms with Gasteiger partial charge >= 0.3 is 0 Å². The van der Waals surface area contributed by atoms with E-state index in [1.165, 1.54) is 0 Å². The van der Waals surface area contributed by atoms with E-state index in [0.717, 1.165) is 30.8 Å². The number of rotatable bonds is 7. The molecule has 150 valence electrons. The zero-order chi connectivity index (χ0) is 19.9. The van der Waals surface area contributed by atoms with Gasteiger partial charge in [0.05, 0.1) is 11.5 Å². The molecule has 1 aromatic rings. The van der Waals surface area contributed by atoms with Gasteiger partial charge in [-0.1, -0.05) is 6.07 Å². The number of hydrogen-bond acceptors (Lipinski definition) is 5. The number of nitrogens with one attached hydrogen (secondary N) is 2. The van der Waals surface area contributed by atoms with Crippen LogP contribution in [0.1, 0.15) is 32.3 Å². The molecule has 1 amide bonds. The molecule has 4 N–H and O–H groups in total. The lowest BCUT2D eigenvalue weighted by Gasteiger charge is -2.33. The molecule has 1 saturated heterocycles. The van der Waals surface area contributed by atoms with Gasteiger partial charge in [0, 0.05) is 52.1 Å². The van der Waals surface area contributed by atoms with Crippen molar-refractivity contribution in [3.8, 4) is 0 Å². The van der Waals surface area contributed by atoms with Crippen LogP contribution in [0, 0.1) is 5.92 Å². The van der Waals surface area contributed by atoms with Crippen molar-refractivity contribution in [2.24, 2.45) is 16.6 Å². The first kappa shape index (κ1) is 21.0. The second-order valence-electron chi connectivity index (χ2n) is 7.42. The van der Waals surface area contributed by atoms with Gasteiger partial charge in [0.25, 0.3) is 0 Å². The van der Waals surface area contributed by atoms with Crippen LogP contribution in [-0.2, 0) is 16.1 Å². The SMILES string of the molecule is CN=C(NCc1cccnc1N1CCCC(C(N)=O)C1)NCC(C)(C)OC. The monoisotopic (exact) mass is 376 g/mol. The number of anilines is 1. The van der Waals surface area contributed by atoms with Gasteiger partial charge in [0.1, 0.15) is 5.82 Å². The third-order valence-electron chi connectivity index (χ3n) is 4.89. The average Bonchev–Trinajstić information content (AvgIpc) is 2.68. The number of aliphatic imine (C=N–C) groups is 1. The number of primary amides is 1. The van der Waals surface area contributed by atoms with Gasteiger partial charge < -0.3 is 26.0 Å². The van der Waals surface area contributed by atoms with Crippen LogP contribution in [0.5, 0.6) is 0 Å². The summed E-state index contributed by atoms with van der Waals surface area (Å²) in [6.07, 6.45) is 3.56. The Balaban J connectivity index is 2.02. The highest BCUT2D eigenvalue weighted by molar-refractivity contribution is 5.80. The molecule has 0 saturated carbocycles. The van der Waals surface area contributed by atoms with E-state index >= 15 is 0 Å². The molecule has 0 radical (unpaired) electrons. The lowest BCUT2D eigenvalue weighted by atomic mass is 9.97. The number of pyridine rings is 1. The summed E-state index contributed by atoms with van der Waals surface area (Å²) < 4.78 is 5.42. The molecule has 0 bridgehead atoms. The lowest BCUT2D eigenvalue weighted by molar-refractivity contribution is -0.122. The highest BCUT2D eigenvalue weighted by atomic mass is 16.5. The maximum Gasteiger partial charge on any atom is 0.222 e. The Labute approximate surface area is 161 Å². The van der Waals surface area contributed by atoms with Crippen molar-refractivity contribution in [1.29, 1.82) is 0 Å². The Morgan fingerprint density at radius 3 is 2.93 bits per heavy atom. The minimum Gasteiger partial charge on any atom is -0.377 e. The number of carbonyl (C=O) groups is 1. The molecule has 1 unspecified atom stereocenters. The first-order valence-corrected chi connectivity index (χ1v) is 9.34. The number of nitrogens with two attached hydrogens (primary N) is 1. The van der Waals surface area contributed by atoms with E-state index < -0.39 is 0 Å². The maximum absolute atomic E-state index is 11.6. The smallest absolute Gasteiger partial charge is 0.222 e. The number of amides is 1. The fraction of sp³-hybridized carbons (Fsp3) is 0.632. The number of methoxy groups -OCH3 is 1. The fourth-order valence-corrected chi connectivity index (χ4v) is 3.02. The van der Waals surface area contributed by atoms with Gasteiger partial charge in [-0.3, -0.25) is 9.79 Å².